The number of halogens is 1. The van der Waals surface area contributed by atoms with Gasteiger partial charge in [-0.3, -0.25) is 0 Å². The second kappa shape index (κ2) is 10.3. The maximum absolute atomic E-state index is 13.8. The zero-order chi connectivity index (χ0) is 18.9. The van der Waals surface area contributed by atoms with Crippen LogP contribution in [-0.2, 0) is 13.2 Å². The van der Waals surface area contributed by atoms with Crippen LogP contribution in [0.4, 0.5) is 4.39 Å². The number of hydrogen-bond acceptors (Lipinski definition) is 3. The highest BCUT2D eigenvalue weighted by Gasteiger charge is 2.12. The van der Waals surface area contributed by atoms with Gasteiger partial charge in [0.15, 0.2) is 11.5 Å². The zero-order valence-electron chi connectivity index (χ0n) is 16.2. The molecule has 0 heterocycles. The lowest BCUT2D eigenvalue weighted by Gasteiger charge is -2.21. The molecule has 0 atom stereocenters. The summed E-state index contributed by atoms with van der Waals surface area (Å²) in [5.74, 6) is 1.07. The molecule has 3 rings (SSSR count). The van der Waals surface area contributed by atoms with Crippen molar-refractivity contribution in [2.75, 3.05) is 7.11 Å². The Morgan fingerprint density at radius 3 is 2.44 bits per heavy atom. The molecule has 0 aliphatic heterocycles. The minimum atomic E-state index is -0.253. The molecule has 1 saturated carbocycles. The fourth-order valence-corrected chi connectivity index (χ4v) is 3.63. The van der Waals surface area contributed by atoms with E-state index < -0.39 is 0 Å². The van der Waals surface area contributed by atoms with Crippen LogP contribution in [0.3, 0.4) is 0 Å². The topological polar surface area (TPSA) is 30.5 Å². The Labute approximate surface area is 161 Å². The Hall–Kier alpha value is -2.07. The van der Waals surface area contributed by atoms with Crippen LogP contribution in [0.25, 0.3) is 0 Å². The van der Waals surface area contributed by atoms with E-state index in [0.717, 1.165) is 6.54 Å². The number of hydrogen-bond donors (Lipinski definition) is 1. The highest BCUT2D eigenvalue weighted by atomic mass is 19.1. The van der Waals surface area contributed by atoms with E-state index in [9.17, 15) is 4.39 Å². The second-order valence-corrected chi connectivity index (χ2v) is 7.29. The van der Waals surface area contributed by atoms with Crippen LogP contribution < -0.4 is 14.8 Å². The summed E-state index contributed by atoms with van der Waals surface area (Å²) in [6.45, 7) is 1.01. The molecular formula is C23H30FNO2. The smallest absolute Gasteiger partial charge is 0.161 e. The molecule has 4 heteroatoms. The largest absolute Gasteiger partial charge is 0.493 e. The Kier molecular flexibility index (Phi) is 7.52. The predicted octanol–water partition coefficient (Wildman–Crippen LogP) is 5.62. The molecule has 0 unspecified atom stereocenters. The Morgan fingerprint density at radius 2 is 1.70 bits per heavy atom. The molecule has 1 aliphatic rings. The fourth-order valence-electron chi connectivity index (χ4n) is 3.63. The van der Waals surface area contributed by atoms with Crippen molar-refractivity contribution >= 4 is 0 Å². The van der Waals surface area contributed by atoms with Gasteiger partial charge in [-0.15, -0.1) is 0 Å². The third-order valence-corrected chi connectivity index (χ3v) is 5.27. The molecule has 2 aromatic carbocycles. The molecule has 0 amide bonds. The first-order valence-corrected chi connectivity index (χ1v) is 10.0. The van der Waals surface area contributed by atoms with Crippen molar-refractivity contribution in [2.24, 2.45) is 0 Å². The van der Waals surface area contributed by atoms with Crippen LogP contribution >= 0.6 is 0 Å². The van der Waals surface area contributed by atoms with Crippen LogP contribution in [0.5, 0.6) is 11.5 Å². The highest BCUT2D eigenvalue weighted by molar-refractivity contribution is 5.43. The summed E-state index contributed by atoms with van der Waals surface area (Å²) < 4.78 is 25.0. The van der Waals surface area contributed by atoms with Crippen molar-refractivity contribution in [3.8, 4) is 11.5 Å². The number of benzene rings is 2. The summed E-state index contributed by atoms with van der Waals surface area (Å²) in [6, 6.07) is 13.2. The van der Waals surface area contributed by atoms with Gasteiger partial charge in [-0.25, -0.2) is 4.39 Å². The fraction of sp³-hybridized carbons (Fsp3) is 0.478. The number of rotatable bonds is 7. The second-order valence-electron chi connectivity index (χ2n) is 7.29. The Bertz CT molecular complexity index is 711. The quantitative estimate of drug-likeness (QED) is 0.685. The van der Waals surface area contributed by atoms with Gasteiger partial charge in [0, 0.05) is 18.2 Å². The van der Waals surface area contributed by atoms with Crippen molar-refractivity contribution in [1.82, 2.24) is 5.32 Å². The number of nitrogens with one attached hydrogen (secondary N) is 1. The van der Waals surface area contributed by atoms with E-state index in [1.165, 1.54) is 56.6 Å². The van der Waals surface area contributed by atoms with Crippen LogP contribution in [0.1, 0.15) is 56.1 Å². The summed E-state index contributed by atoms with van der Waals surface area (Å²) in [7, 11) is 1.64. The monoisotopic (exact) mass is 371 g/mol. The summed E-state index contributed by atoms with van der Waals surface area (Å²) in [5.41, 5.74) is 1.71. The van der Waals surface area contributed by atoms with Gasteiger partial charge in [0.2, 0.25) is 0 Å². The van der Waals surface area contributed by atoms with E-state index in [1.807, 2.05) is 18.2 Å². The molecule has 1 fully saturated rings. The molecule has 0 bridgehead atoms. The lowest BCUT2D eigenvalue weighted by Crippen LogP contribution is -2.29. The lowest BCUT2D eigenvalue weighted by molar-refractivity contribution is 0.279. The maximum atomic E-state index is 13.8. The van der Waals surface area contributed by atoms with Crippen LogP contribution in [-0.4, -0.2) is 13.2 Å². The molecule has 0 spiro atoms. The van der Waals surface area contributed by atoms with Crippen LogP contribution in [0.2, 0.25) is 0 Å². The lowest BCUT2D eigenvalue weighted by atomic mass is 9.96. The van der Waals surface area contributed by atoms with E-state index >= 15 is 0 Å². The molecule has 27 heavy (non-hydrogen) atoms. The van der Waals surface area contributed by atoms with Gasteiger partial charge in [0.1, 0.15) is 12.4 Å². The molecule has 0 saturated heterocycles. The molecule has 1 N–H and O–H groups in total. The SMILES string of the molecule is COc1cc(CNC2CCCCCCC2)ccc1OCc1ccccc1F. The van der Waals surface area contributed by atoms with E-state index in [2.05, 4.69) is 11.4 Å². The van der Waals surface area contributed by atoms with Crippen molar-refractivity contribution < 1.29 is 13.9 Å². The summed E-state index contributed by atoms with van der Waals surface area (Å²) in [5, 5.41) is 3.70. The van der Waals surface area contributed by atoms with Crippen LogP contribution in [0.15, 0.2) is 42.5 Å². The van der Waals surface area contributed by atoms with Gasteiger partial charge in [-0.1, -0.05) is 56.4 Å². The van der Waals surface area contributed by atoms with Crippen LogP contribution in [0, 0.1) is 5.82 Å². The molecule has 0 aromatic heterocycles. The Morgan fingerprint density at radius 1 is 0.963 bits per heavy atom. The molecule has 0 radical (unpaired) electrons. The average Bonchev–Trinajstić information content (AvgIpc) is 2.67. The number of methoxy groups -OCH3 is 1. The van der Waals surface area contributed by atoms with Gasteiger partial charge in [0.05, 0.1) is 7.11 Å². The van der Waals surface area contributed by atoms with E-state index in [1.54, 1.807) is 19.2 Å². The summed E-state index contributed by atoms with van der Waals surface area (Å²) >= 11 is 0. The number of ether oxygens (including phenoxy) is 2. The standard InChI is InChI=1S/C23H30FNO2/c1-26-23-15-18(16-25-20-10-5-3-2-4-6-11-20)13-14-22(23)27-17-19-9-7-8-12-21(19)24/h7-9,12-15,20,25H,2-6,10-11,16-17H2,1H3. The first-order valence-electron chi connectivity index (χ1n) is 10.0. The maximum Gasteiger partial charge on any atom is 0.161 e. The first-order chi connectivity index (χ1) is 13.3. The normalized spacial score (nSPS) is 15.8. The van der Waals surface area contributed by atoms with Crippen molar-refractivity contribution in [2.45, 2.75) is 64.1 Å². The van der Waals surface area contributed by atoms with Crippen molar-refractivity contribution in [3.63, 3.8) is 0 Å². The summed E-state index contributed by atoms with van der Waals surface area (Å²) in [6.07, 6.45) is 9.29. The molecule has 1 aliphatic carbocycles. The summed E-state index contributed by atoms with van der Waals surface area (Å²) in [4.78, 5) is 0. The molecule has 3 nitrogen and oxygen atoms in total. The molecule has 2 aromatic rings. The van der Waals surface area contributed by atoms with E-state index in [0.29, 0.717) is 23.1 Å². The van der Waals surface area contributed by atoms with Gasteiger partial charge >= 0.3 is 0 Å². The zero-order valence-corrected chi connectivity index (χ0v) is 16.2. The van der Waals surface area contributed by atoms with E-state index in [4.69, 9.17) is 9.47 Å². The molecule has 146 valence electrons. The minimum absolute atomic E-state index is 0.183. The van der Waals surface area contributed by atoms with Gasteiger partial charge in [-0.2, -0.15) is 0 Å². The van der Waals surface area contributed by atoms with Gasteiger partial charge in [-0.05, 0) is 36.6 Å². The van der Waals surface area contributed by atoms with Crippen molar-refractivity contribution in [1.29, 1.82) is 0 Å². The Balaban J connectivity index is 1.57. The minimum Gasteiger partial charge on any atom is -0.493 e. The predicted molar refractivity (Wildman–Crippen MR) is 107 cm³/mol. The average molecular weight is 371 g/mol. The third-order valence-electron chi connectivity index (χ3n) is 5.27. The highest BCUT2D eigenvalue weighted by Crippen LogP contribution is 2.29. The third kappa shape index (κ3) is 5.96. The molecular weight excluding hydrogens is 341 g/mol. The first kappa shape index (κ1) is 19.7. The van der Waals surface area contributed by atoms with Gasteiger partial charge < -0.3 is 14.8 Å². The van der Waals surface area contributed by atoms with Gasteiger partial charge in [0.25, 0.3) is 0 Å². The van der Waals surface area contributed by atoms with Crippen molar-refractivity contribution in [3.05, 3.63) is 59.4 Å². The van der Waals surface area contributed by atoms with E-state index in [-0.39, 0.29) is 12.4 Å².